The lowest BCUT2D eigenvalue weighted by molar-refractivity contribution is -0.125. The molecule has 0 bridgehead atoms. The molecule has 0 spiro atoms. The molecule has 1 fully saturated rings. The molecule has 186 valence electrons. The number of fused-ring (bicyclic) bond motifs is 1. The third-order valence-corrected chi connectivity index (χ3v) is 6.85. The van der Waals surface area contributed by atoms with Gasteiger partial charge in [-0.05, 0) is 68.7 Å². The highest BCUT2D eigenvalue weighted by Crippen LogP contribution is 2.31. The van der Waals surface area contributed by atoms with Crippen LogP contribution in [0.3, 0.4) is 0 Å². The number of hydrogen-bond donors (Lipinski definition) is 1. The number of benzene rings is 2. The van der Waals surface area contributed by atoms with Crippen molar-refractivity contribution in [2.45, 2.75) is 33.2 Å². The van der Waals surface area contributed by atoms with E-state index in [1.54, 1.807) is 19.2 Å². The molecule has 1 saturated heterocycles. The predicted octanol–water partition coefficient (Wildman–Crippen LogP) is 4.11. The van der Waals surface area contributed by atoms with Crippen LogP contribution in [0.5, 0.6) is 5.75 Å². The van der Waals surface area contributed by atoms with Crippen LogP contribution >= 0.6 is 0 Å². The highest BCUT2D eigenvalue weighted by Gasteiger charge is 2.28. The summed E-state index contributed by atoms with van der Waals surface area (Å²) in [5, 5.41) is 17.8. The Morgan fingerprint density at radius 1 is 1.06 bits per heavy atom. The predicted molar refractivity (Wildman–Crippen MR) is 136 cm³/mol. The first kappa shape index (κ1) is 23.7. The minimum Gasteiger partial charge on any atom is -0.497 e. The maximum absolute atomic E-state index is 13.1. The van der Waals surface area contributed by atoms with Gasteiger partial charge in [-0.3, -0.25) is 4.79 Å². The zero-order chi connectivity index (χ0) is 25.2. The van der Waals surface area contributed by atoms with Crippen molar-refractivity contribution in [2.75, 3.05) is 25.1 Å². The van der Waals surface area contributed by atoms with E-state index in [4.69, 9.17) is 9.84 Å². The molecule has 0 radical (unpaired) electrons. The van der Waals surface area contributed by atoms with Gasteiger partial charge in [-0.1, -0.05) is 12.1 Å². The molecule has 36 heavy (non-hydrogen) atoms. The van der Waals surface area contributed by atoms with Crippen LogP contribution < -0.4 is 15.0 Å². The summed E-state index contributed by atoms with van der Waals surface area (Å²) in [6, 6.07) is 14.0. The third-order valence-electron chi connectivity index (χ3n) is 6.85. The summed E-state index contributed by atoms with van der Waals surface area (Å²) in [5.41, 5.74) is 4.46. The fourth-order valence-electron chi connectivity index (χ4n) is 4.79. The van der Waals surface area contributed by atoms with Crippen molar-refractivity contribution in [1.82, 2.24) is 25.3 Å². The minimum absolute atomic E-state index is 0.0266. The van der Waals surface area contributed by atoms with Crippen molar-refractivity contribution < 1.29 is 13.9 Å². The summed E-state index contributed by atoms with van der Waals surface area (Å²) < 4.78 is 20.3. The lowest BCUT2D eigenvalue weighted by Crippen LogP contribution is -2.40. The van der Waals surface area contributed by atoms with Gasteiger partial charge in [-0.15, -0.1) is 5.10 Å². The van der Waals surface area contributed by atoms with Crippen LogP contribution in [0.2, 0.25) is 0 Å². The number of carbonyl (C=O) groups is 1. The lowest BCUT2D eigenvalue weighted by Gasteiger charge is -2.32. The first-order chi connectivity index (χ1) is 17.4. The summed E-state index contributed by atoms with van der Waals surface area (Å²) in [6.45, 7) is 5.76. The van der Waals surface area contributed by atoms with Crippen molar-refractivity contribution >= 4 is 22.6 Å². The van der Waals surface area contributed by atoms with E-state index in [1.165, 1.54) is 12.1 Å². The number of nitrogens with zero attached hydrogens (tertiary/aromatic N) is 5. The van der Waals surface area contributed by atoms with Crippen LogP contribution in [0.15, 0.2) is 48.5 Å². The first-order valence-corrected chi connectivity index (χ1v) is 12.1. The van der Waals surface area contributed by atoms with Gasteiger partial charge in [0, 0.05) is 25.6 Å². The van der Waals surface area contributed by atoms with Crippen molar-refractivity contribution in [2.24, 2.45) is 5.92 Å². The molecular weight excluding hydrogens is 459 g/mol. The molecule has 1 aliphatic rings. The Hall–Kier alpha value is -4.01. The van der Waals surface area contributed by atoms with Gasteiger partial charge in [0.2, 0.25) is 5.91 Å². The van der Waals surface area contributed by atoms with E-state index in [2.05, 4.69) is 20.4 Å². The molecular formula is C27H29FN6O2. The monoisotopic (exact) mass is 488 g/mol. The van der Waals surface area contributed by atoms with E-state index in [9.17, 15) is 9.18 Å². The van der Waals surface area contributed by atoms with Gasteiger partial charge >= 0.3 is 0 Å². The lowest BCUT2D eigenvalue weighted by atomic mass is 9.95. The molecule has 0 atom stereocenters. The smallest absolute Gasteiger partial charge is 0.223 e. The highest BCUT2D eigenvalue weighted by atomic mass is 19.1. The summed E-state index contributed by atoms with van der Waals surface area (Å²) in [5.74, 6) is 1.21. The van der Waals surface area contributed by atoms with Gasteiger partial charge in [0.15, 0.2) is 5.82 Å². The summed E-state index contributed by atoms with van der Waals surface area (Å²) >= 11 is 0. The van der Waals surface area contributed by atoms with Crippen LogP contribution in [0.25, 0.3) is 16.6 Å². The van der Waals surface area contributed by atoms with Crippen LogP contribution in [0.4, 0.5) is 10.2 Å². The maximum Gasteiger partial charge on any atom is 0.223 e. The second-order valence-corrected chi connectivity index (χ2v) is 9.13. The number of nitrogens with one attached hydrogen (secondary N) is 1. The standard InChI is InChI=1S/C27H29FN6O2/c1-17-24-18(2)34(22-8-10-23(36-3)11-9-22)32-25(24)26(31-30-17)33-14-12-20(13-15-33)27(35)29-16-19-4-6-21(28)7-5-19/h4-11,20H,12-16H2,1-3H3,(H,29,35). The SMILES string of the molecule is COc1ccc(-n2nc3c(N4CCC(C(=O)NCc5ccc(F)cc5)CC4)nnc(C)c3c2C)cc1. The van der Waals surface area contributed by atoms with Gasteiger partial charge in [0.1, 0.15) is 17.1 Å². The summed E-state index contributed by atoms with van der Waals surface area (Å²) in [7, 11) is 1.65. The summed E-state index contributed by atoms with van der Waals surface area (Å²) in [6.07, 6.45) is 1.43. The number of aryl methyl sites for hydroxylation is 2. The quantitative estimate of drug-likeness (QED) is 0.440. The van der Waals surface area contributed by atoms with Gasteiger partial charge in [-0.2, -0.15) is 10.2 Å². The molecule has 1 aliphatic heterocycles. The average Bonchev–Trinajstić information content (AvgIpc) is 3.26. The second kappa shape index (κ2) is 9.93. The Balaban J connectivity index is 1.31. The molecule has 1 amide bonds. The molecule has 0 aliphatic carbocycles. The van der Waals surface area contributed by atoms with Crippen molar-refractivity contribution in [3.63, 3.8) is 0 Å². The molecule has 2 aromatic heterocycles. The fourth-order valence-corrected chi connectivity index (χ4v) is 4.79. The van der Waals surface area contributed by atoms with Crippen molar-refractivity contribution in [3.8, 4) is 11.4 Å². The van der Waals surface area contributed by atoms with Gasteiger partial charge < -0.3 is 15.0 Å². The molecule has 5 rings (SSSR count). The number of methoxy groups -OCH3 is 1. The van der Waals surface area contributed by atoms with E-state index < -0.39 is 0 Å². The molecule has 1 N–H and O–H groups in total. The number of rotatable bonds is 6. The Morgan fingerprint density at radius 3 is 2.42 bits per heavy atom. The van der Waals surface area contributed by atoms with E-state index in [0.717, 1.165) is 45.1 Å². The zero-order valence-electron chi connectivity index (χ0n) is 20.7. The number of amides is 1. The minimum atomic E-state index is -0.283. The molecule has 0 saturated carbocycles. The Bertz CT molecular complexity index is 1380. The van der Waals surface area contributed by atoms with E-state index >= 15 is 0 Å². The Kier molecular flexibility index (Phi) is 6.54. The Labute approximate surface area is 209 Å². The number of carbonyl (C=O) groups excluding carboxylic acids is 1. The number of ether oxygens (including phenoxy) is 1. The number of piperidine rings is 1. The molecule has 2 aromatic carbocycles. The first-order valence-electron chi connectivity index (χ1n) is 12.1. The fraction of sp³-hybridized carbons (Fsp3) is 0.333. The topological polar surface area (TPSA) is 85.2 Å². The van der Waals surface area contributed by atoms with Crippen LogP contribution in [-0.4, -0.2) is 46.1 Å². The molecule has 4 aromatic rings. The maximum atomic E-state index is 13.1. The average molecular weight is 489 g/mol. The largest absolute Gasteiger partial charge is 0.497 e. The van der Waals surface area contributed by atoms with Gasteiger partial charge in [-0.25, -0.2) is 9.07 Å². The molecule has 3 heterocycles. The van der Waals surface area contributed by atoms with E-state index in [0.29, 0.717) is 32.5 Å². The van der Waals surface area contributed by atoms with Gasteiger partial charge in [0.05, 0.1) is 29.6 Å². The molecule has 0 unspecified atom stereocenters. The Morgan fingerprint density at radius 2 is 1.75 bits per heavy atom. The normalized spacial score (nSPS) is 14.3. The van der Waals surface area contributed by atoms with Gasteiger partial charge in [0.25, 0.3) is 0 Å². The molecule has 8 nitrogen and oxygen atoms in total. The van der Waals surface area contributed by atoms with E-state index in [1.807, 2.05) is 42.8 Å². The number of hydrogen-bond acceptors (Lipinski definition) is 6. The van der Waals surface area contributed by atoms with Crippen LogP contribution in [0, 0.1) is 25.6 Å². The number of anilines is 1. The zero-order valence-corrected chi connectivity index (χ0v) is 20.7. The van der Waals surface area contributed by atoms with Crippen LogP contribution in [-0.2, 0) is 11.3 Å². The van der Waals surface area contributed by atoms with Crippen LogP contribution in [0.1, 0.15) is 29.8 Å². The summed E-state index contributed by atoms with van der Waals surface area (Å²) in [4.78, 5) is 14.9. The molecule has 9 heteroatoms. The third kappa shape index (κ3) is 4.60. The highest BCUT2D eigenvalue weighted by molar-refractivity contribution is 5.92. The van der Waals surface area contributed by atoms with E-state index in [-0.39, 0.29) is 17.6 Å². The number of halogens is 1. The second-order valence-electron chi connectivity index (χ2n) is 9.13. The van der Waals surface area contributed by atoms with Crippen molar-refractivity contribution in [3.05, 3.63) is 71.3 Å². The number of aromatic nitrogens is 4. The van der Waals surface area contributed by atoms with Crippen molar-refractivity contribution in [1.29, 1.82) is 0 Å².